The number of pyridine rings is 1. The summed E-state index contributed by atoms with van der Waals surface area (Å²) in [6, 6.07) is 6.67. The smallest absolute Gasteiger partial charge is 0.285 e. The monoisotopic (exact) mass is 532 g/mol. The molecule has 1 aliphatic carbocycles. The molecule has 0 saturated heterocycles. The first kappa shape index (κ1) is 25.9. The second kappa shape index (κ2) is 10.1. The highest BCUT2D eigenvalue weighted by Crippen LogP contribution is 2.29. The van der Waals surface area contributed by atoms with Gasteiger partial charge < -0.3 is 10.6 Å². The number of benzene rings is 1. The molecule has 0 bridgehead atoms. The molecule has 0 aliphatic heterocycles. The van der Waals surface area contributed by atoms with Gasteiger partial charge in [-0.3, -0.25) is 14.2 Å². The maximum atomic E-state index is 13.3. The predicted octanol–water partition coefficient (Wildman–Crippen LogP) is 3.51. The molecule has 1 aromatic carbocycles. The minimum Gasteiger partial charge on any atom is -0.377 e. The van der Waals surface area contributed by atoms with E-state index in [1.807, 2.05) is 30.7 Å². The van der Waals surface area contributed by atoms with Gasteiger partial charge in [-0.05, 0) is 50.5 Å². The Morgan fingerprint density at radius 2 is 1.89 bits per heavy atom. The summed E-state index contributed by atoms with van der Waals surface area (Å²) in [5.41, 5.74) is 2.15. The molecule has 1 saturated carbocycles. The number of hydrogen-bond donors (Lipinski definition) is 3. The number of aryl methyl sites for hydroxylation is 1. The molecule has 1 aliphatic rings. The van der Waals surface area contributed by atoms with Gasteiger partial charge in [-0.2, -0.15) is 0 Å². The van der Waals surface area contributed by atoms with Crippen LogP contribution in [0, 0.1) is 6.92 Å². The van der Waals surface area contributed by atoms with Crippen molar-refractivity contribution in [1.29, 1.82) is 0 Å². The van der Waals surface area contributed by atoms with Gasteiger partial charge in [0.1, 0.15) is 5.15 Å². The highest BCUT2D eigenvalue weighted by molar-refractivity contribution is 7.89. The lowest BCUT2D eigenvalue weighted by Gasteiger charge is -2.21. The Balaban J connectivity index is 1.76. The van der Waals surface area contributed by atoms with E-state index >= 15 is 0 Å². The molecule has 2 aromatic heterocycles. The molecule has 3 aromatic rings. The predicted molar refractivity (Wildman–Crippen MR) is 141 cm³/mol. The number of amides is 1. The normalized spacial score (nSPS) is 15.1. The van der Waals surface area contributed by atoms with E-state index < -0.39 is 22.0 Å². The molecule has 1 amide bonds. The van der Waals surface area contributed by atoms with Crippen LogP contribution in [0.3, 0.4) is 0 Å². The first-order valence-electron chi connectivity index (χ1n) is 11.7. The lowest BCUT2D eigenvalue weighted by atomic mass is 10.0. The molecule has 192 valence electrons. The van der Waals surface area contributed by atoms with Crippen LogP contribution in [0.1, 0.15) is 60.3 Å². The Morgan fingerprint density at radius 3 is 2.56 bits per heavy atom. The third kappa shape index (κ3) is 5.62. The number of carbonyl (C=O) groups is 1. The molecule has 0 unspecified atom stereocenters. The topological polar surface area (TPSA) is 135 Å². The summed E-state index contributed by atoms with van der Waals surface area (Å²) in [5.74, 6) is -0.392. The molecule has 4 rings (SSSR count). The van der Waals surface area contributed by atoms with Crippen molar-refractivity contribution in [2.24, 2.45) is 7.05 Å². The van der Waals surface area contributed by atoms with Gasteiger partial charge in [0.05, 0.1) is 28.9 Å². The molecule has 36 heavy (non-hydrogen) atoms. The van der Waals surface area contributed by atoms with Gasteiger partial charge in [0.15, 0.2) is 5.69 Å². The van der Waals surface area contributed by atoms with E-state index in [-0.39, 0.29) is 28.1 Å². The van der Waals surface area contributed by atoms with Crippen molar-refractivity contribution in [1.82, 2.24) is 19.3 Å². The van der Waals surface area contributed by atoms with Crippen LogP contribution in [-0.2, 0) is 17.1 Å². The van der Waals surface area contributed by atoms with Crippen molar-refractivity contribution in [2.75, 3.05) is 16.9 Å². The Labute approximate surface area is 214 Å². The minimum atomic E-state index is -3.80. The first-order valence-corrected chi connectivity index (χ1v) is 13.9. The van der Waals surface area contributed by atoms with Crippen LogP contribution in [-0.4, -0.2) is 41.2 Å². The summed E-state index contributed by atoms with van der Waals surface area (Å²) in [6.45, 7) is 3.76. The number of halogens is 1. The Morgan fingerprint density at radius 1 is 1.19 bits per heavy atom. The summed E-state index contributed by atoms with van der Waals surface area (Å²) in [5, 5.41) is 7.17. The zero-order valence-corrected chi connectivity index (χ0v) is 22.1. The SMILES string of the molecule is Cc1cc([C@@H](C)Nc2ccc(Cl)nc2C(=O)NS(C)(=O)=O)c2nc(NC3CCCC3)n(C)c(=O)c2c1. The third-order valence-electron chi connectivity index (χ3n) is 6.24. The number of aromatic nitrogens is 3. The van der Waals surface area contributed by atoms with E-state index in [4.69, 9.17) is 16.6 Å². The fourth-order valence-corrected chi connectivity index (χ4v) is 5.10. The number of fused-ring (bicyclic) bond motifs is 1. The van der Waals surface area contributed by atoms with Gasteiger partial charge >= 0.3 is 0 Å². The van der Waals surface area contributed by atoms with E-state index in [0.717, 1.165) is 43.1 Å². The van der Waals surface area contributed by atoms with Gasteiger partial charge in [-0.15, -0.1) is 0 Å². The Kier molecular flexibility index (Phi) is 7.24. The Hall–Kier alpha value is -3.18. The number of anilines is 2. The lowest BCUT2D eigenvalue weighted by molar-refractivity contribution is 0.0977. The molecule has 1 atom stereocenters. The van der Waals surface area contributed by atoms with Gasteiger partial charge in [0, 0.05) is 18.7 Å². The van der Waals surface area contributed by atoms with E-state index in [1.165, 1.54) is 6.07 Å². The minimum absolute atomic E-state index is 0.0423. The van der Waals surface area contributed by atoms with Gasteiger partial charge in [-0.1, -0.05) is 30.5 Å². The largest absolute Gasteiger partial charge is 0.377 e. The number of nitrogens with zero attached hydrogens (tertiary/aromatic N) is 3. The molecule has 1 fully saturated rings. The second-order valence-corrected chi connectivity index (χ2v) is 11.4. The number of sulfonamides is 1. The van der Waals surface area contributed by atoms with Crippen molar-refractivity contribution in [3.05, 3.63) is 56.6 Å². The van der Waals surface area contributed by atoms with E-state index in [1.54, 1.807) is 17.7 Å². The number of rotatable bonds is 7. The molecular formula is C24H29ClN6O4S. The number of hydrogen-bond acceptors (Lipinski definition) is 8. The van der Waals surface area contributed by atoms with Gasteiger partial charge in [0.2, 0.25) is 16.0 Å². The summed E-state index contributed by atoms with van der Waals surface area (Å²) in [6.07, 6.45) is 5.25. The van der Waals surface area contributed by atoms with Crippen LogP contribution < -0.4 is 20.9 Å². The van der Waals surface area contributed by atoms with Crippen molar-refractivity contribution < 1.29 is 13.2 Å². The molecule has 0 spiro atoms. The van der Waals surface area contributed by atoms with Crippen LogP contribution in [0.15, 0.2) is 29.1 Å². The van der Waals surface area contributed by atoms with Crippen LogP contribution in [0.25, 0.3) is 10.9 Å². The number of nitrogens with one attached hydrogen (secondary N) is 3. The maximum Gasteiger partial charge on any atom is 0.285 e. The van der Waals surface area contributed by atoms with Crippen LogP contribution in [0.5, 0.6) is 0 Å². The van der Waals surface area contributed by atoms with Crippen molar-refractivity contribution in [3.8, 4) is 0 Å². The van der Waals surface area contributed by atoms with Crippen LogP contribution >= 0.6 is 11.6 Å². The standard InChI is InChI=1S/C24H29ClN6O4S/c1-13-11-16(14(2)26-18-9-10-19(25)28-21(18)22(32)30-36(4,34)35)20-17(12-13)23(33)31(3)24(29-20)27-15-7-5-6-8-15/h9-12,14-15,26H,5-8H2,1-4H3,(H,27,29)(H,30,32)/t14-/m1/s1. The molecular weight excluding hydrogens is 504 g/mol. The zero-order valence-electron chi connectivity index (χ0n) is 20.6. The summed E-state index contributed by atoms with van der Waals surface area (Å²) >= 11 is 5.98. The van der Waals surface area contributed by atoms with Crippen LogP contribution in [0.2, 0.25) is 5.15 Å². The maximum absolute atomic E-state index is 13.3. The Bertz CT molecular complexity index is 1500. The second-order valence-electron chi connectivity index (χ2n) is 9.28. The molecule has 0 radical (unpaired) electrons. The third-order valence-corrected chi connectivity index (χ3v) is 7.00. The summed E-state index contributed by atoms with van der Waals surface area (Å²) in [4.78, 5) is 34.7. The highest BCUT2D eigenvalue weighted by Gasteiger charge is 2.22. The van der Waals surface area contributed by atoms with Crippen LogP contribution in [0.4, 0.5) is 11.6 Å². The quantitative estimate of drug-likeness (QED) is 0.393. The van der Waals surface area contributed by atoms with E-state index in [9.17, 15) is 18.0 Å². The average molecular weight is 533 g/mol. The fraction of sp³-hybridized carbons (Fsp3) is 0.417. The lowest BCUT2D eigenvalue weighted by Crippen LogP contribution is -2.31. The fourth-order valence-electron chi connectivity index (χ4n) is 4.52. The molecule has 10 nitrogen and oxygen atoms in total. The molecule has 12 heteroatoms. The zero-order chi connectivity index (χ0) is 26.2. The first-order chi connectivity index (χ1) is 16.9. The number of carbonyl (C=O) groups excluding carboxylic acids is 1. The van der Waals surface area contributed by atoms with Crippen molar-refractivity contribution >= 4 is 50.1 Å². The highest BCUT2D eigenvalue weighted by atomic mass is 35.5. The van der Waals surface area contributed by atoms with Gasteiger partial charge in [-0.25, -0.2) is 23.1 Å². The van der Waals surface area contributed by atoms with E-state index in [0.29, 0.717) is 16.9 Å². The van der Waals surface area contributed by atoms with E-state index in [2.05, 4.69) is 15.6 Å². The molecule has 2 heterocycles. The summed E-state index contributed by atoms with van der Waals surface area (Å²) in [7, 11) is -2.09. The van der Waals surface area contributed by atoms with Crippen molar-refractivity contribution in [3.63, 3.8) is 0 Å². The van der Waals surface area contributed by atoms with Crippen molar-refractivity contribution in [2.45, 2.75) is 51.6 Å². The average Bonchev–Trinajstić information content (AvgIpc) is 3.30. The molecule has 3 N–H and O–H groups in total. The van der Waals surface area contributed by atoms with Gasteiger partial charge in [0.25, 0.3) is 11.5 Å². The summed E-state index contributed by atoms with van der Waals surface area (Å²) < 4.78 is 26.6.